The Labute approximate surface area is 140 Å². The summed E-state index contributed by atoms with van der Waals surface area (Å²) in [5.41, 5.74) is -5.38. The lowest BCUT2D eigenvalue weighted by molar-refractivity contribution is -0.141. The Balaban J connectivity index is 2.33. The molecule has 0 saturated heterocycles. The number of terminal acetylenes is 1. The van der Waals surface area contributed by atoms with Crippen LogP contribution in [-0.2, 0) is 12.7 Å². The van der Waals surface area contributed by atoms with Crippen LogP contribution < -0.4 is 17.0 Å². The largest absolute Gasteiger partial charge is 0.431 e. The van der Waals surface area contributed by atoms with Gasteiger partial charge in [-0.1, -0.05) is 5.92 Å². The second kappa shape index (κ2) is 5.76. The summed E-state index contributed by atoms with van der Waals surface area (Å²) in [6.45, 7) is -0.241. The first-order chi connectivity index (χ1) is 12.1. The highest BCUT2D eigenvalue weighted by atomic mass is 19.4. The van der Waals surface area contributed by atoms with Crippen molar-refractivity contribution in [3.05, 3.63) is 61.1 Å². The molecular formula is C15H7F4N3O4. The predicted molar refractivity (Wildman–Crippen MR) is 80.5 cm³/mol. The molecule has 1 N–H and O–H groups in total. The van der Waals surface area contributed by atoms with Crippen LogP contribution in [0.5, 0.6) is 0 Å². The fourth-order valence-electron chi connectivity index (χ4n) is 2.36. The number of aromatic nitrogens is 3. The van der Waals surface area contributed by atoms with Gasteiger partial charge in [0.15, 0.2) is 11.4 Å². The molecule has 0 aliphatic carbocycles. The van der Waals surface area contributed by atoms with E-state index in [1.807, 2.05) is 0 Å². The molecular weight excluding hydrogens is 362 g/mol. The zero-order valence-corrected chi connectivity index (χ0v) is 12.6. The Bertz CT molecular complexity index is 1210. The van der Waals surface area contributed by atoms with Gasteiger partial charge < -0.3 is 9.40 Å². The summed E-state index contributed by atoms with van der Waals surface area (Å²) in [6, 6.07) is 1.76. The Morgan fingerprint density at radius 2 is 1.88 bits per heavy atom. The van der Waals surface area contributed by atoms with E-state index in [1.165, 1.54) is 4.98 Å². The van der Waals surface area contributed by atoms with Gasteiger partial charge in [0.1, 0.15) is 5.69 Å². The average Bonchev–Trinajstić information content (AvgIpc) is 2.81. The summed E-state index contributed by atoms with van der Waals surface area (Å²) in [6.07, 6.45) is 0.162. The maximum absolute atomic E-state index is 14.3. The molecule has 0 bridgehead atoms. The van der Waals surface area contributed by atoms with E-state index >= 15 is 0 Å². The molecule has 134 valence electrons. The van der Waals surface area contributed by atoms with Gasteiger partial charge in [0, 0.05) is 12.1 Å². The Kier molecular flexibility index (Phi) is 3.83. The number of H-pyrrole nitrogens is 1. The summed E-state index contributed by atoms with van der Waals surface area (Å²) >= 11 is 0. The molecule has 0 atom stereocenters. The lowest BCUT2D eigenvalue weighted by Crippen LogP contribution is -2.36. The second-order valence-corrected chi connectivity index (χ2v) is 5.09. The van der Waals surface area contributed by atoms with Crippen molar-refractivity contribution in [2.24, 2.45) is 0 Å². The van der Waals surface area contributed by atoms with Crippen molar-refractivity contribution in [1.82, 2.24) is 14.1 Å². The van der Waals surface area contributed by atoms with Crippen molar-refractivity contribution in [2.75, 3.05) is 0 Å². The van der Waals surface area contributed by atoms with E-state index in [0.717, 1.165) is 16.7 Å². The fourth-order valence-corrected chi connectivity index (χ4v) is 2.36. The van der Waals surface area contributed by atoms with Crippen LogP contribution in [0, 0.1) is 18.2 Å². The molecule has 0 spiro atoms. The highest BCUT2D eigenvalue weighted by Gasteiger charge is 2.33. The van der Waals surface area contributed by atoms with E-state index in [-0.39, 0.29) is 28.3 Å². The number of fused-ring (bicyclic) bond motifs is 1. The number of oxazole rings is 1. The maximum atomic E-state index is 14.3. The monoisotopic (exact) mass is 369 g/mol. The summed E-state index contributed by atoms with van der Waals surface area (Å²) in [5, 5.41) is 0. The Morgan fingerprint density at radius 1 is 1.19 bits per heavy atom. The minimum atomic E-state index is -4.96. The first-order valence-corrected chi connectivity index (χ1v) is 6.84. The molecule has 0 unspecified atom stereocenters. The number of aromatic amines is 1. The van der Waals surface area contributed by atoms with Crippen molar-refractivity contribution in [2.45, 2.75) is 12.7 Å². The van der Waals surface area contributed by atoms with Gasteiger partial charge in [-0.3, -0.25) is 9.36 Å². The van der Waals surface area contributed by atoms with E-state index in [0.29, 0.717) is 0 Å². The predicted octanol–water partition coefficient (Wildman–Crippen LogP) is 1.22. The number of hydrogen-bond acceptors (Lipinski definition) is 4. The molecule has 7 nitrogen and oxygen atoms in total. The fraction of sp³-hybridized carbons (Fsp3) is 0.133. The lowest BCUT2D eigenvalue weighted by Gasteiger charge is -2.09. The summed E-state index contributed by atoms with van der Waals surface area (Å²) in [7, 11) is 0. The van der Waals surface area contributed by atoms with Gasteiger partial charge >= 0.3 is 17.6 Å². The standard InChI is InChI=1S/C15H7F4N3O4/c1-2-3-21-9-5-8(7(16)4-10(9)26-14(21)25)22-12(23)6-11(15(17,18)19)20-13(22)24/h1,4-6H,3H2,(H,20,24). The highest BCUT2D eigenvalue weighted by molar-refractivity contribution is 5.76. The van der Waals surface area contributed by atoms with Crippen LogP contribution in [0.15, 0.2) is 37.0 Å². The zero-order chi connectivity index (χ0) is 19.2. The van der Waals surface area contributed by atoms with Crippen LogP contribution in [0.3, 0.4) is 0 Å². The smallest absolute Gasteiger partial charge is 0.408 e. The number of rotatable bonds is 2. The molecule has 3 aromatic rings. The van der Waals surface area contributed by atoms with Gasteiger partial charge in [0.05, 0.1) is 17.7 Å². The lowest BCUT2D eigenvalue weighted by atomic mass is 10.2. The summed E-state index contributed by atoms with van der Waals surface area (Å²) in [4.78, 5) is 37.1. The van der Waals surface area contributed by atoms with Crippen molar-refractivity contribution in [3.8, 4) is 18.0 Å². The van der Waals surface area contributed by atoms with Crippen molar-refractivity contribution in [3.63, 3.8) is 0 Å². The van der Waals surface area contributed by atoms with Crippen molar-refractivity contribution < 1.29 is 22.0 Å². The van der Waals surface area contributed by atoms with Crippen molar-refractivity contribution >= 4 is 11.1 Å². The van der Waals surface area contributed by atoms with Gasteiger partial charge in [0.25, 0.3) is 5.56 Å². The molecule has 0 fully saturated rings. The highest BCUT2D eigenvalue weighted by Crippen LogP contribution is 2.26. The van der Waals surface area contributed by atoms with Crippen LogP contribution in [0.2, 0.25) is 0 Å². The number of nitrogens with one attached hydrogen (secondary N) is 1. The molecule has 0 amide bonds. The van der Waals surface area contributed by atoms with Gasteiger partial charge in [-0.25, -0.2) is 18.5 Å². The third-order valence-electron chi connectivity index (χ3n) is 3.47. The number of nitrogens with zero attached hydrogens (tertiary/aromatic N) is 2. The van der Waals surface area contributed by atoms with Gasteiger partial charge in [-0.05, 0) is 6.07 Å². The van der Waals surface area contributed by atoms with Crippen molar-refractivity contribution in [1.29, 1.82) is 0 Å². The molecule has 2 aromatic heterocycles. The molecule has 1 aromatic carbocycles. The van der Waals surface area contributed by atoms with Crippen LogP contribution in [0.25, 0.3) is 16.8 Å². The molecule has 2 heterocycles. The van der Waals surface area contributed by atoms with Crippen LogP contribution in [-0.4, -0.2) is 14.1 Å². The van der Waals surface area contributed by atoms with Crippen LogP contribution in [0.4, 0.5) is 17.6 Å². The molecule has 26 heavy (non-hydrogen) atoms. The third-order valence-corrected chi connectivity index (χ3v) is 3.47. The van der Waals surface area contributed by atoms with E-state index in [1.54, 1.807) is 0 Å². The minimum Gasteiger partial charge on any atom is -0.408 e. The van der Waals surface area contributed by atoms with E-state index < -0.39 is 40.4 Å². The second-order valence-electron chi connectivity index (χ2n) is 5.09. The van der Waals surface area contributed by atoms with Gasteiger partial charge in [0.2, 0.25) is 0 Å². The van der Waals surface area contributed by atoms with Gasteiger partial charge in [-0.2, -0.15) is 13.2 Å². The average molecular weight is 369 g/mol. The number of alkyl halides is 3. The van der Waals surface area contributed by atoms with E-state index in [9.17, 15) is 31.9 Å². The Morgan fingerprint density at radius 3 is 2.46 bits per heavy atom. The normalized spacial score (nSPS) is 11.7. The summed E-state index contributed by atoms with van der Waals surface area (Å²) in [5.74, 6) is 0.111. The zero-order valence-electron chi connectivity index (χ0n) is 12.6. The van der Waals surface area contributed by atoms with E-state index in [4.69, 9.17) is 10.8 Å². The molecule has 0 aliphatic rings. The number of halogens is 4. The molecule has 0 aliphatic heterocycles. The van der Waals surface area contributed by atoms with E-state index in [2.05, 4.69) is 5.92 Å². The minimum absolute atomic E-state index is 0.0319. The first-order valence-electron chi connectivity index (χ1n) is 6.84. The van der Waals surface area contributed by atoms with Gasteiger partial charge in [-0.15, -0.1) is 6.42 Å². The number of benzene rings is 1. The topological polar surface area (TPSA) is 90.0 Å². The SMILES string of the molecule is C#CCn1c(=O)oc2cc(F)c(-n3c(=O)cc(C(F)(F)F)[nH]c3=O)cc21. The Hall–Kier alpha value is -3.55. The summed E-state index contributed by atoms with van der Waals surface area (Å²) < 4.78 is 58.1. The molecule has 0 radical (unpaired) electrons. The third kappa shape index (κ3) is 2.71. The maximum Gasteiger partial charge on any atom is 0.431 e. The first kappa shape index (κ1) is 17.3. The molecule has 0 saturated carbocycles. The molecule has 3 rings (SSSR count). The van der Waals surface area contributed by atoms with Crippen LogP contribution in [0.1, 0.15) is 5.69 Å². The molecule has 11 heteroatoms. The van der Waals surface area contributed by atoms with Crippen LogP contribution >= 0.6 is 0 Å². The number of hydrogen-bond donors (Lipinski definition) is 1. The quantitative estimate of drug-likeness (QED) is 0.543.